The topological polar surface area (TPSA) is 17.4 Å². The lowest BCUT2D eigenvalue weighted by Crippen LogP contribution is -2.24. The van der Waals surface area contributed by atoms with Gasteiger partial charge in [-0.15, -0.1) is 6.58 Å². The van der Waals surface area contributed by atoms with Crippen LogP contribution in [0.15, 0.2) is 31.0 Å². The molecule has 0 radical (unpaired) electrons. The molecule has 1 aliphatic heterocycles. The van der Waals surface area contributed by atoms with E-state index >= 15 is 0 Å². The molecule has 1 aliphatic rings. The van der Waals surface area contributed by atoms with Crippen LogP contribution in [0.3, 0.4) is 0 Å². The number of likely N-dealkylation sites (tertiary alicyclic amines) is 1. The van der Waals surface area contributed by atoms with Crippen molar-refractivity contribution in [3.63, 3.8) is 0 Å². The molecule has 1 atom stereocenters. The molecule has 0 spiro atoms. The first-order valence-corrected chi connectivity index (χ1v) is 5.84. The van der Waals surface area contributed by atoms with Crippen LogP contribution in [0.5, 0.6) is 0 Å². The van der Waals surface area contributed by atoms with Crippen molar-refractivity contribution >= 4 is 0 Å². The van der Waals surface area contributed by atoms with Crippen molar-refractivity contribution in [2.24, 2.45) is 7.05 Å². The third kappa shape index (κ3) is 2.74. The summed E-state index contributed by atoms with van der Waals surface area (Å²) in [5, 5.41) is 0. The molecule has 2 rings (SSSR count). The Morgan fingerprint density at radius 3 is 3.19 bits per heavy atom. The SMILES string of the molecule is C=CCOC1CCN(Cc2cccn2C)C1. The minimum Gasteiger partial charge on any atom is -0.373 e. The highest BCUT2D eigenvalue weighted by Crippen LogP contribution is 2.15. The van der Waals surface area contributed by atoms with Crippen LogP contribution in [0.4, 0.5) is 0 Å². The molecule has 1 aromatic heterocycles. The predicted octanol–water partition coefficient (Wildman–Crippen LogP) is 1.80. The Morgan fingerprint density at radius 2 is 2.50 bits per heavy atom. The van der Waals surface area contributed by atoms with Gasteiger partial charge in [0.05, 0.1) is 12.7 Å². The maximum atomic E-state index is 5.67. The lowest BCUT2D eigenvalue weighted by molar-refractivity contribution is 0.0794. The van der Waals surface area contributed by atoms with Crippen molar-refractivity contribution < 1.29 is 4.74 Å². The zero-order valence-electron chi connectivity index (χ0n) is 9.93. The van der Waals surface area contributed by atoms with Crippen LogP contribution in [0, 0.1) is 0 Å². The monoisotopic (exact) mass is 220 g/mol. The fourth-order valence-corrected chi connectivity index (χ4v) is 2.17. The maximum absolute atomic E-state index is 5.67. The van der Waals surface area contributed by atoms with Gasteiger partial charge >= 0.3 is 0 Å². The highest BCUT2D eigenvalue weighted by Gasteiger charge is 2.22. The fourth-order valence-electron chi connectivity index (χ4n) is 2.17. The lowest BCUT2D eigenvalue weighted by atomic mass is 10.3. The number of aryl methyl sites for hydroxylation is 1. The molecular weight excluding hydrogens is 200 g/mol. The highest BCUT2D eigenvalue weighted by atomic mass is 16.5. The van der Waals surface area contributed by atoms with Crippen molar-refractivity contribution in [3.8, 4) is 0 Å². The summed E-state index contributed by atoms with van der Waals surface area (Å²) < 4.78 is 7.84. The van der Waals surface area contributed by atoms with Crippen LogP contribution >= 0.6 is 0 Å². The first-order chi connectivity index (χ1) is 7.79. The zero-order valence-corrected chi connectivity index (χ0v) is 9.93. The minimum absolute atomic E-state index is 0.387. The lowest BCUT2D eigenvalue weighted by Gasteiger charge is -2.16. The van der Waals surface area contributed by atoms with Gasteiger partial charge in [-0.2, -0.15) is 0 Å². The van der Waals surface area contributed by atoms with Gasteiger partial charge in [0, 0.05) is 38.6 Å². The second-order valence-electron chi connectivity index (χ2n) is 4.38. The highest BCUT2D eigenvalue weighted by molar-refractivity contribution is 5.06. The van der Waals surface area contributed by atoms with Crippen LogP contribution in [0.2, 0.25) is 0 Å². The first-order valence-electron chi connectivity index (χ1n) is 5.84. The smallest absolute Gasteiger partial charge is 0.0718 e. The van der Waals surface area contributed by atoms with Crippen LogP contribution in [-0.4, -0.2) is 35.3 Å². The van der Waals surface area contributed by atoms with E-state index in [0.29, 0.717) is 12.7 Å². The van der Waals surface area contributed by atoms with E-state index in [1.54, 1.807) is 0 Å². The van der Waals surface area contributed by atoms with Crippen molar-refractivity contribution in [1.82, 2.24) is 9.47 Å². The second-order valence-corrected chi connectivity index (χ2v) is 4.38. The molecule has 0 saturated carbocycles. The van der Waals surface area contributed by atoms with Gasteiger partial charge in [0.1, 0.15) is 0 Å². The van der Waals surface area contributed by atoms with E-state index in [1.807, 2.05) is 6.08 Å². The van der Waals surface area contributed by atoms with Gasteiger partial charge in [0.15, 0.2) is 0 Å². The Morgan fingerprint density at radius 1 is 1.62 bits per heavy atom. The van der Waals surface area contributed by atoms with E-state index in [9.17, 15) is 0 Å². The number of hydrogen-bond acceptors (Lipinski definition) is 2. The van der Waals surface area contributed by atoms with Gasteiger partial charge in [0.25, 0.3) is 0 Å². The Balaban J connectivity index is 1.81. The Hall–Kier alpha value is -1.06. The normalized spacial score (nSPS) is 21.4. The van der Waals surface area contributed by atoms with Crippen molar-refractivity contribution in [3.05, 3.63) is 36.7 Å². The Kier molecular flexibility index (Phi) is 3.80. The van der Waals surface area contributed by atoms with Gasteiger partial charge in [-0.25, -0.2) is 0 Å². The zero-order chi connectivity index (χ0) is 11.4. The van der Waals surface area contributed by atoms with Crippen molar-refractivity contribution in [2.45, 2.75) is 19.1 Å². The van der Waals surface area contributed by atoms with Crippen molar-refractivity contribution in [1.29, 1.82) is 0 Å². The molecule has 88 valence electrons. The van der Waals surface area contributed by atoms with Gasteiger partial charge in [-0.05, 0) is 18.6 Å². The van der Waals surface area contributed by atoms with Crippen LogP contribution in [-0.2, 0) is 18.3 Å². The number of ether oxygens (including phenoxy) is 1. The molecule has 1 unspecified atom stereocenters. The Bertz CT molecular complexity index is 345. The molecular formula is C13H20N2O. The molecule has 0 amide bonds. The molecule has 0 bridgehead atoms. The first kappa shape index (κ1) is 11.4. The van der Waals surface area contributed by atoms with Gasteiger partial charge in [-0.1, -0.05) is 6.08 Å². The third-order valence-corrected chi connectivity index (χ3v) is 3.12. The number of rotatable bonds is 5. The van der Waals surface area contributed by atoms with Crippen LogP contribution in [0.25, 0.3) is 0 Å². The largest absolute Gasteiger partial charge is 0.373 e. The maximum Gasteiger partial charge on any atom is 0.0718 e. The molecule has 3 nitrogen and oxygen atoms in total. The predicted molar refractivity (Wildman–Crippen MR) is 65.2 cm³/mol. The minimum atomic E-state index is 0.387. The van der Waals surface area contributed by atoms with Crippen LogP contribution < -0.4 is 0 Å². The quantitative estimate of drug-likeness (QED) is 0.704. The molecule has 1 saturated heterocycles. The van der Waals surface area contributed by atoms with E-state index in [-0.39, 0.29) is 0 Å². The molecule has 2 heterocycles. The summed E-state index contributed by atoms with van der Waals surface area (Å²) in [6.45, 7) is 7.54. The van der Waals surface area contributed by atoms with E-state index in [0.717, 1.165) is 26.1 Å². The average Bonchev–Trinajstić information content (AvgIpc) is 2.87. The summed E-state index contributed by atoms with van der Waals surface area (Å²) in [6, 6.07) is 4.27. The molecule has 1 fully saturated rings. The van der Waals surface area contributed by atoms with E-state index in [4.69, 9.17) is 4.74 Å². The number of nitrogens with zero attached hydrogens (tertiary/aromatic N) is 2. The molecule has 3 heteroatoms. The third-order valence-electron chi connectivity index (χ3n) is 3.12. The Labute approximate surface area is 97.3 Å². The number of aromatic nitrogens is 1. The second kappa shape index (κ2) is 5.32. The summed E-state index contributed by atoms with van der Waals surface area (Å²) in [4.78, 5) is 2.45. The summed E-state index contributed by atoms with van der Waals surface area (Å²) in [6.07, 6.45) is 5.44. The van der Waals surface area contributed by atoms with Gasteiger partial charge < -0.3 is 9.30 Å². The summed E-state index contributed by atoms with van der Waals surface area (Å²) in [7, 11) is 2.09. The molecule has 16 heavy (non-hydrogen) atoms. The molecule has 0 aromatic carbocycles. The molecule has 0 N–H and O–H groups in total. The van der Waals surface area contributed by atoms with Gasteiger partial charge in [-0.3, -0.25) is 4.90 Å². The van der Waals surface area contributed by atoms with E-state index in [2.05, 4.69) is 41.4 Å². The van der Waals surface area contributed by atoms with Crippen LogP contribution in [0.1, 0.15) is 12.1 Å². The summed E-state index contributed by atoms with van der Waals surface area (Å²) in [5.74, 6) is 0. The van der Waals surface area contributed by atoms with E-state index < -0.39 is 0 Å². The average molecular weight is 220 g/mol. The van der Waals surface area contributed by atoms with E-state index in [1.165, 1.54) is 5.69 Å². The standard InChI is InChI=1S/C13H20N2O/c1-3-9-16-13-6-8-15(11-13)10-12-5-4-7-14(12)2/h3-5,7,13H,1,6,8-11H2,2H3. The van der Waals surface area contributed by atoms with Gasteiger partial charge in [0.2, 0.25) is 0 Å². The molecule has 1 aromatic rings. The van der Waals surface area contributed by atoms with Crippen molar-refractivity contribution in [2.75, 3.05) is 19.7 Å². The fraction of sp³-hybridized carbons (Fsp3) is 0.538. The molecule has 0 aliphatic carbocycles. The summed E-state index contributed by atoms with van der Waals surface area (Å²) in [5.41, 5.74) is 1.37. The number of hydrogen-bond donors (Lipinski definition) is 0. The summed E-state index contributed by atoms with van der Waals surface area (Å²) >= 11 is 0.